The first-order chi connectivity index (χ1) is 13.6. The van der Waals surface area contributed by atoms with E-state index < -0.39 is 11.8 Å². The molecule has 140 valence electrons. The van der Waals surface area contributed by atoms with E-state index in [0.29, 0.717) is 22.6 Å². The minimum Gasteiger partial charge on any atom is -0.454 e. The molecular formula is C20H15FN4O3. The minimum atomic E-state index is -0.545. The van der Waals surface area contributed by atoms with Gasteiger partial charge in [0.25, 0.3) is 5.91 Å². The number of benzene rings is 2. The summed E-state index contributed by atoms with van der Waals surface area (Å²) in [5.74, 6) is -0.901. The highest BCUT2D eigenvalue weighted by atomic mass is 19.1. The van der Waals surface area contributed by atoms with Crippen molar-refractivity contribution in [2.45, 2.75) is 6.42 Å². The van der Waals surface area contributed by atoms with Crippen LogP contribution in [0.1, 0.15) is 15.9 Å². The highest BCUT2D eigenvalue weighted by molar-refractivity contribution is 6.00. The van der Waals surface area contributed by atoms with E-state index in [4.69, 9.17) is 4.42 Å². The second-order valence-electron chi connectivity index (χ2n) is 6.11. The Balaban J connectivity index is 1.43. The van der Waals surface area contributed by atoms with Gasteiger partial charge in [0.1, 0.15) is 17.1 Å². The minimum absolute atomic E-state index is 0.00236. The quantitative estimate of drug-likeness (QED) is 0.475. The molecule has 4 rings (SSSR count). The van der Waals surface area contributed by atoms with Crippen LogP contribution in [0, 0.1) is 5.82 Å². The molecule has 3 N–H and O–H groups in total. The second kappa shape index (κ2) is 7.36. The second-order valence-corrected chi connectivity index (χ2v) is 6.11. The predicted octanol–water partition coefficient (Wildman–Crippen LogP) is 2.97. The third-order valence-corrected chi connectivity index (χ3v) is 4.15. The summed E-state index contributed by atoms with van der Waals surface area (Å²) >= 11 is 0. The zero-order valence-corrected chi connectivity index (χ0v) is 14.5. The Morgan fingerprint density at radius 3 is 2.64 bits per heavy atom. The van der Waals surface area contributed by atoms with Gasteiger partial charge in [0.2, 0.25) is 5.91 Å². The molecule has 7 nitrogen and oxygen atoms in total. The molecule has 0 aliphatic heterocycles. The summed E-state index contributed by atoms with van der Waals surface area (Å²) in [4.78, 5) is 24.4. The van der Waals surface area contributed by atoms with Crippen molar-refractivity contribution in [1.82, 2.24) is 21.0 Å². The number of H-pyrrole nitrogens is 1. The summed E-state index contributed by atoms with van der Waals surface area (Å²) in [5.41, 5.74) is 6.62. The van der Waals surface area contributed by atoms with E-state index in [1.54, 1.807) is 6.07 Å². The van der Waals surface area contributed by atoms with Gasteiger partial charge >= 0.3 is 0 Å². The summed E-state index contributed by atoms with van der Waals surface area (Å²) in [6, 6.07) is 14.8. The van der Waals surface area contributed by atoms with Crippen molar-refractivity contribution in [3.8, 4) is 11.5 Å². The molecule has 0 saturated carbocycles. The third kappa shape index (κ3) is 3.61. The van der Waals surface area contributed by atoms with Gasteiger partial charge in [-0.1, -0.05) is 30.3 Å². The lowest BCUT2D eigenvalue weighted by atomic mass is 10.1. The normalized spacial score (nSPS) is 10.8. The molecule has 0 radical (unpaired) electrons. The number of nitrogens with zero attached hydrogens (tertiary/aromatic N) is 1. The van der Waals surface area contributed by atoms with E-state index >= 15 is 0 Å². The maximum absolute atomic E-state index is 12.9. The van der Waals surface area contributed by atoms with Crippen LogP contribution in [0.4, 0.5) is 4.39 Å². The van der Waals surface area contributed by atoms with Gasteiger partial charge in [0.15, 0.2) is 5.76 Å². The maximum atomic E-state index is 12.9. The molecule has 4 aromatic rings. The van der Waals surface area contributed by atoms with Gasteiger partial charge in [0.05, 0.1) is 18.2 Å². The van der Waals surface area contributed by atoms with E-state index in [-0.39, 0.29) is 17.8 Å². The fraction of sp³-hybridized carbons (Fsp3) is 0.0500. The lowest BCUT2D eigenvalue weighted by Crippen LogP contribution is -2.42. The van der Waals surface area contributed by atoms with Crippen molar-refractivity contribution < 1.29 is 18.4 Å². The first-order valence-electron chi connectivity index (χ1n) is 8.46. The van der Waals surface area contributed by atoms with Gasteiger partial charge in [-0.2, -0.15) is 5.10 Å². The summed E-state index contributed by atoms with van der Waals surface area (Å²) in [6.45, 7) is 0. The standard InChI is InChI=1S/C20H15FN4O3/c21-14-7-5-12(6-8-14)9-18(26)23-25-20(27)15-11-22-24-19(15)17-10-13-3-1-2-4-16(13)28-17/h1-8,10-11H,9H2,(H,22,24)(H,23,26)(H,25,27). The molecule has 2 amide bonds. The Hall–Kier alpha value is -3.94. The average molecular weight is 378 g/mol. The van der Waals surface area contributed by atoms with E-state index in [0.717, 1.165) is 5.39 Å². The van der Waals surface area contributed by atoms with Gasteiger partial charge in [0, 0.05) is 5.39 Å². The number of halogens is 1. The Morgan fingerprint density at radius 1 is 1.07 bits per heavy atom. The van der Waals surface area contributed by atoms with E-state index in [9.17, 15) is 14.0 Å². The third-order valence-electron chi connectivity index (χ3n) is 4.15. The van der Waals surface area contributed by atoms with Crippen LogP contribution < -0.4 is 10.9 Å². The number of aromatic amines is 1. The SMILES string of the molecule is O=C(Cc1ccc(F)cc1)NNC(=O)c1cn[nH]c1-c1cc2ccccc2o1. The maximum Gasteiger partial charge on any atom is 0.273 e. The number of aromatic nitrogens is 2. The van der Waals surface area contributed by atoms with Crippen molar-refractivity contribution in [1.29, 1.82) is 0 Å². The predicted molar refractivity (Wildman–Crippen MR) is 99.5 cm³/mol. The highest BCUT2D eigenvalue weighted by Gasteiger charge is 2.19. The lowest BCUT2D eigenvalue weighted by molar-refractivity contribution is -0.121. The summed E-state index contributed by atoms with van der Waals surface area (Å²) in [6.07, 6.45) is 1.35. The average Bonchev–Trinajstić information content (AvgIpc) is 3.34. The zero-order valence-electron chi connectivity index (χ0n) is 14.5. The molecule has 28 heavy (non-hydrogen) atoms. The molecule has 0 spiro atoms. The fourth-order valence-electron chi connectivity index (χ4n) is 2.78. The van der Waals surface area contributed by atoms with Crippen LogP contribution in [0.25, 0.3) is 22.4 Å². The Labute approximate surface area is 158 Å². The van der Waals surface area contributed by atoms with Crippen LogP contribution >= 0.6 is 0 Å². The first-order valence-corrected chi connectivity index (χ1v) is 8.46. The zero-order chi connectivity index (χ0) is 19.5. The summed E-state index contributed by atoms with van der Waals surface area (Å²) < 4.78 is 18.7. The fourth-order valence-corrected chi connectivity index (χ4v) is 2.78. The number of hydrogen-bond donors (Lipinski definition) is 3. The largest absolute Gasteiger partial charge is 0.454 e. The van der Waals surface area contributed by atoms with Crippen LogP contribution in [-0.2, 0) is 11.2 Å². The topological polar surface area (TPSA) is 100 Å². The van der Waals surface area contributed by atoms with E-state index in [1.165, 1.54) is 30.5 Å². The smallest absolute Gasteiger partial charge is 0.273 e. The molecular weight excluding hydrogens is 363 g/mol. The molecule has 0 aliphatic rings. The van der Waals surface area contributed by atoms with Crippen molar-refractivity contribution in [2.75, 3.05) is 0 Å². The van der Waals surface area contributed by atoms with Crippen LogP contribution in [0.5, 0.6) is 0 Å². The van der Waals surface area contributed by atoms with Crippen molar-refractivity contribution in [3.05, 3.63) is 77.7 Å². The van der Waals surface area contributed by atoms with E-state index in [2.05, 4.69) is 21.0 Å². The van der Waals surface area contributed by atoms with Gasteiger partial charge < -0.3 is 4.42 Å². The molecule has 8 heteroatoms. The molecule has 0 atom stereocenters. The van der Waals surface area contributed by atoms with Crippen molar-refractivity contribution in [2.24, 2.45) is 0 Å². The van der Waals surface area contributed by atoms with Gasteiger partial charge in [-0.3, -0.25) is 25.5 Å². The summed E-state index contributed by atoms with van der Waals surface area (Å²) in [7, 11) is 0. The highest BCUT2D eigenvalue weighted by Crippen LogP contribution is 2.28. The molecule has 0 saturated heterocycles. The molecule has 0 fully saturated rings. The molecule has 2 aromatic carbocycles. The van der Waals surface area contributed by atoms with Crippen LogP contribution in [0.2, 0.25) is 0 Å². The van der Waals surface area contributed by atoms with Crippen LogP contribution in [0.3, 0.4) is 0 Å². The number of amides is 2. The Bertz CT molecular complexity index is 1110. The number of hydrogen-bond acceptors (Lipinski definition) is 4. The van der Waals surface area contributed by atoms with Gasteiger partial charge in [-0.25, -0.2) is 4.39 Å². The lowest BCUT2D eigenvalue weighted by Gasteiger charge is -2.07. The van der Waals surface area contributed by atoms with E-state index in [1.807, 2.05) is 24.3 Å². The Kier molecular flexibility index (Phi) is 4.59. The molecule has 2 aromatic heterocycles. The number of carbonyl (C=O) groups is 2. The van der Waals surface area contributed by atoms with Crippen LogP contribution in [-0.4, -0.2) is 22.0 Å². The number of para-hydroxylation sites is 1. The molecule has 0 aliphatic carbocycles. The number of hydrazine groups is 1. The Morgan fingerprint density at radius 2 is 1.86 bits per heavy atom. The molecule has 0 bridgehead atoms. The number of nitrogens with one attached hydrogen (secondary N) is 3. The first kappa shape index (κ1) is 17.5. The number of carbonyl (C=O) groups excluding carboxylic acids is 2. The summed E-state index contributed by atoms with van der Waals surface area (Å²) in [5, 5.41) is 7.54. The molecule has 2 heterocycles. The van der Waals surface area contributed by atoms with Crippen LogP contribution in [0.15, 0.2) is 65.2 Å². The molecule has 0 unspecified atom stereocenters. The van der Waals surface area contributed by atoms with Gasteiger partial charge in [-0.05, 0) is 29.8 Å². The van der Waals surface area contributed by atoms with Crippen molar-refractivity contribution in [3.63, 3.8) is 0 Å². The van der Waals surface area contributed by atoms with Gasteiger partial charge in [-0.15, -0.1) is 0 Å². The number of furan rings is 1. The number of fused-ring (bicyclic) bond motifs is 1. The van der Waals surface area contributed by atoms with Crippen molar-refractivity contribution >= 4 is 22.8 Å². The number of rotatable bonds is 4. The monoisotopic (exact) mass is 378 g/mol.